The molecule has 0 spiro atoms. The van der Waals surface area contributed by atoms with Crippen LogP contribution in [0.5, 0.6) is 0 Å². The zero-order valence-electron chi connectivity index (χ0n) is 10.9. The van der Waals surface area contributed by atoms with Crippen LogP contribution in [0.2, 0.25) is 5.02 Å². The molecule has 110 valence electrons. The Bertz CT molecular complexity index is 535. The number of aliphatic carboxylic acids is 1. The molecule has 0 unspecified atom stereocenters. The smallest absolute Gasteiger partial charge is 0.326 e. The molecule has 0 aliphatic heterocycles. The van der Waals surface area contributed by atoms with Gasteiger partial charge < -0.3 is 10.4 Å². The molecule has 0 saturated carbocycles. The number of rotatable bonds is 5. The van der Waals surface area contributed by atoms with Gasteiger partial charge in [0.25, 0.3) is 5.91 Å². The van der Waals surface area contributed by atoms with Gasteiger partial charge in [0.05, 0.1) is 10.6 Å². The number of carbonyl (C=O) groups excluding carboxylic acids is 1. The molecule has 0 aromatic heterocycles. The van der Waals surface area contributed by atoms with Crippen LogP contribution in [-0.4, -0.2) is 23.0 Å². The number of carbonyl (C=O) groups is 2. The molecule has 7 heteroatoms. The Balaban J connectivity index is 2.95. The van der Waals surface area contributed by atoms with Gasteiger partial charge in [-0.2, -0.15) is 0 Å². The van der Waals surface area contributed by atoms with E-state index >= 15 is 0 Å². The third-order valence-corrected chi connectivity index (χ3v) is 2.85. The maximum absolute atomic E-state index is 13.5. The average Bonchev–Trinajstić information content (AvgIpc) is 2.32. The molecular weight excluding hydrogens is 292 g/mol. The van der Waals surface area contributed by atoms with Crippen LogP contribution < -0.4 is 5.32 Å². The minimum Gasteiger partial charge on any atom is -0.480 e. The normalized spacial score (nSPS) is 12.3. The Kier molecular flexibility index (Phi) is 5.44. The molecule has 1 amide bonds. The van der Waals surface area contributed by atoms with E-state index in [9.17, 15) is 18.4 Å². The maximum atomic E-state index is 13.5. The fourth-order valence-corrected chi connectivity index (χ4v) is 1.78. The highest BCUT2D eigenvalue weighted by Crippen LogP contribution is 2.19. The van der Waals surface area contributed by atoms with Gasteiger partial charge in [0.1, 0.15) is 17.7 Å². The van der Waals surface area contributed by atoms with E-state index in [4.69, 9.17) is 16.7 Å². The van der Waals surface area contributed by atoms with Crippen LogP contribution in [0.4, 0.5) is 8.78 Å². The van der Waals surface area contributed by atoms with E-state index in [2.05, 4.69) is 5.32 Å². The van der Waals surface area contributed by atoms with Crippen LogP contribution in [0.3, 0.4) is 0 Å². The third-order valence-electron chi connectivity index (χ3n) is 2.57. The van der Waals surface area contributed by atoms with Crippen molar-refractivity contribution in [2.45, 2.75) is 26.3 Å². The van der Waals surface area contributed by atoms with Gasteiger partial charge >= 0.3 is 5.97 Å². The average molecular weight is 306 g/mol. The van der Waals surface area contributed by atoms with E-state index in [1.54, 1.807) is 13.8 Å². The minimum absolute atomic E-state index is 0.0169. The Morgan fingerprint density at radius 1 is 1.30 bits per heavy atom. The van der Waals surface area contributed by atoms with Crippen LogP contribution >= 0.6 is 11.6 Å². The number of nitrogens with one attached hydrogen (secondary N) is 1. The van der Waals surface area contributed by atoms with Crippen molar-refractivity contribution in [1.82, 2.24) is 5.32 Å². The molecule has 0 aliphatic carbocycles. The van der Waals surface area contributed by atoms with Gasteiger partial charge in [0, 0.05) is 0 Å². The van der Waals surface area contributed by atoms with E-state index in [0.717, 1.165) is 0 Å². The first kappa shape index (κ1) is 16.4. The SMILES string of the molecule is CC(C)C[C@H](NC(=O)c1cc(F)c(Cl)cc1F)C(=O)O. The van der Waals surface area contributed by atoms with Crippen LogP contribution in [0.25, 0.3) is 0 Å². The quantitative estimate of drug-likeness (QED) is 0.822. The number of benzene rings is 1. The number of amides is 1. The second-order valence-corrected chi connectivity index (χ2v) is 5.15. The highest BCUT2D eigenvalue weighted by atomic mass is 35.5. The lowest BCUT2D eigenvalue weighted by atomic mass is 10.0. The molecule has 0 heterocycles. The van der Waals surface area contributed by atoms with Crippen LogP contribution in [0, 0.1) is 17.6 Å². The molecule has 0 saturated heterocycles. The van der Waals surface area contributed by atoms with Crippen molar-refractivity contribution in [2.75, 3.05) is 0 Å². The van der Waals surface area contributed by atoms with Crippen molar-refractivity contribution in [2.24, 2.45) is 5.92 Å². The highest BCUT2D eigenvalue weighted by Gasteiger charge is 2.24. The number of carboxylic acids is 1. The second-order valence-electron chi connectivity index (χ2n) is 4.74. The molecule has 1 aromatic rings. The summed E-state index contributed by atoms with van der Waals surface area (Å²) in [6.07, 6.45) is 0.179. The first-order valence-electron chi connectivity index (χ1n) is 5.90. The lowest BCUT2D eigenvalue weighted by Crippen LogP contribution is -2.42. The molecule has 0 radical (unpaired) electrons. The van der Waals surface area contributed by atoms with Crippen LogP contribution in [-0.2, 0) is 4.79 Å². The molecule has 1 rings (SSSR count). The lowest BCUT2D eigenvalue weighted by molar-refractivity contribution is -0.139. The standard InChI is InChI=1S/C13H14ClF2NO3/c1-6(2)3-11(13(19)20)17-12(18)7-4-10(16)8(14)5-9(7)15/h4-6,11H,3H2,1-2H3,(H,17,18)(H,19,20)/t11-/m0/s1. The first-order valence-corrected chi connectivity index (χ1v) is 6.28. The Labute approximate surface area is 119 Å². The summed E-state index contributed by atoms with van der Waals surface area (Å²) in [4.78, 5) is 22.8. The van der Waals surface area contributed by atoms with Crippen molar-refractivity contribution >= 4 is 23.5 Å². The number of hydrogen-bond acceptors (Lipinski definition) is 2. The summed E-state index contributed by atoms with van der Waals surface area (Å²) in [5.74, 6) is -4.17. The highest BCUT2D eigenvalue weighted by molar-refractivity contribution is 6.30. The van der Waals surface area contributed by atoms with E-state index < -0.39 is 40.1 Å². The molecule has 4 nitrogen and oxygen atoms in total. The number of hydrogen-bond donors (Lipinski definition) is 2. The van der Waals surface area contributed by atoms with Gasteiger partial charge in [-0.05, 0) is 24.5 Å². The van der Waals surface area contributed by atoms with Crippen molar-refractivity contribution in [3.8, 4) is 0 Å². The summed E-state index contributed by atoms with van der Waals surface area (Å²) < 4.78 is 26.8. The lowest BCUT2D eigenvalue weighted by Gasteiger charge is -2.16. The Morgan fingerprint density at radius 2 is 1.90 bits per heavy atom. The van der Waals surface area contributed by atoms with Gasteiger partial charge in [-0.3, -0.25) is 4.79 Å². The molecule has 0 fully saturated rings. The fourth-order valence-electron chi connectivity index (χ4n) is 1.63. The van der Waals surface area contributed by atoms with Crippen molar-refractivity contribution < 1.29 is 23.5 Å². The predicted molar refractivity (Wildman–Crippen MR) is 69.7 cm³/mol. The zero-order valence-corrected chi connectivity index (χ0v) is 11.7. The topological polar surface area (TPSA) is 66.4 Å². The summed E-state index contributed by atoms with van der Waals surface area (Å²) in [5.41, 5.74) is -0.582. The second kappa shape index (κ2) is 6.65. The van der Waals surface area contributed by atoms with E-state index in [1.807, 2.05) is 0 Å². The third kappa shape index (κ3) is 4.16. The zero-order chi connectivity index (χ0) is 15.4. The Hall–Kier alpha value is -1.69. The molecule has 0 aliphatic rings. The van der Waals surface area contributed by atoms with E-state index in [0.29, 0.717) is 12.1 Å². The van der Waals surface area contributed by atoms with Crippen molar-refractivity contribution in [1.29, 1.82) is 0 Å². The van der Waals surface area contributed by atoms with Crippen molar-refractivity contribution in [3.05, 3.63) is 34.4 Å². The van der Waals surface area contributed by atoms with E-state index in [-0.39, 0.29) is 12.3 Å². The summed E-state index contributed by atoms with van der Waals surface area (Å²) in [5, 5.41) is 10.7. The number of carboxylic acid groups (broad SMARTS) is 1. The van der Waals surface area contributed by atoms with Gasteiger partial charge in [-0.1, -0.05) is 25.4 Å². The fraction of sp³-hybridized carbons (Fsp3) is 0.385. The molecule has 2 N–H and O–H groups in total. The van der Waals surface area contributed by atoms with Crippen LogP contribution in [0.15, 0.2) is 12.1 Å². The van der Waals surface area contributed by atoms with E-state index in [1.165, 1.54) is 0 Å². The minimum atomic E-state index is -1.23. The molecule has 1 atom stereocenters. The monoisotopic (exact) mass is 305 g/mol. The predicted octanol–water partition coefficient (Wildman–Crippen LogP) is 2.85. The van der Waals surface area contributed by atoms with Gasteiger partial charge in [0.2, 0.25) is 0 Å². The summed E-state index contributed by atoms with van der Waals surface area (Å²) >= 11 is 5.37. The summed E-state index contributed by atoms with van der Waals surface area (Å²) in [6.45, 7) is 3.56. The van der Waals surface area contributed by atoms with Gasteiger partial charge in [0.15, 0.2) is 0 Å². The molecule has 0 bridgehead atoms. The summed E-state index contributed by atoms with van der Waals surface area (Å²) in [6, 6.07) is 0.145. The van der Waals surface area contributed by atoms with Gasteiger partial charge in [-0.25, -0.2) is 13.6 Å². The largest absolute Gasteiger partial charge is 0.480 e. The maximum Gasteiger partial charge on any atom is 0.326 e. The first-order chi connectivity index (χ1) is 9.22. The molecular formula is C13H14ClF2NO3. The molecule has 20 heavy (non-hydrogen) atoms. The Morgan fingerprint density at radius 3 is 2.40 bits per heavy atom. The number of halogens is 3. The van der Waals surface area contributed by atoms with Crippen LogP contribution in [0.1, 0.15) is 30.6 Å². The van der Waals surface area contributed by atoms with Crippen molar-refractivity contribution in [3.63, 3.8) is 0 Å². The molecule has 1 aromatic carbocycles. The van der Waals surface area contributed by atoms with Gasteiger partial charge in [-0.15, -0.1) is 0 Å². The summed E-state index contributed by atoms with van der Waals surface area (Å²) in [7, 11) is 0.